The lowest BCUT2D eigenvalue weighted by Gasteiger charge is -2.32. The summed E-state index contributed by atoms with van der Waals surface area (Å²) in [6.07, 6.45) is 2.72. The second-order valence-corrected chi connectivity index (χ2v) is 6.34. The molecule has 1 amide bonds. The second-order valence-electron chi connectivity index (χ2n) is 5.93. The van der Waals surface area contributed by atoms with Gasteiger partial charge in [-0.1, -0.05) is 23.7 Å². The number of amides is 1. The molecule has 1 fully saturated rings. The highest BCUT2D eigenvalue weighted by Gasteiger charge is 2.30. The van der Waals surface area contributed by atoms with E-state index < -0.39 is 5.60 Å². The van der Waals surface area contributed by atoms with Crippen molar-refractivity contribution in [3.05, 3.63) is 53.2 Å². The van der Waals surface area contributed by atoms with Crippen LogP contribution in [0.1, 0.15) is 23.2 Å². The summed E-state index contributed by atoms with van der Waals surface area (Å²) in [5, 5.41) is 13.6. The summed E-state index contributed by atoms with van der Waals surface area (Å²) >= 11 is 6.17. The number of pyridine rings is 1. The highest BCUT2D eigenvalue weighted by Crippen LogP contribution is 2.24. The molecule has 2 aromatic rings. The molecule has 0 spiro atoms. The fraction of sp³-hybridized carbons (Fsp3) is 0.333. The first-order valence-electron chi connectivity index (χ1n) is 7.87. The molecular weight excluding hydrogens is 328 g/mol. The fourth-order valence-electron chi connectivity index (χ4n) is 2.66. The zero-order chi connectivity index (χ0) is 17.0. The zero-order valence-electron chi connectivity index (χ0n) is 13.2. The predicted octanol–water partition coefficient (Wildman–Crippen LogP) is 2.67. The van der Waals surface area contributed by atoms with Crippen molar-refractivity contribution in [3.8, 4) is 11.3 Å². The Balaban J connectivity index is 1.74. The number of ether oxygens (including phenoxy) is 1. The Morgan fingerprint density at radius 3 is 2.79 bits per heavy atom. The molecule has 0 saturated carbocycles. The van der Waals surface area contributed by atoms with Gasteiger partial charge < -0.3 is 15.2 Å². The second kappa shape index (κ2) is 7.30. The third-order valence-corrected chi connectivity index (χ3v) is 4.50. The van der Waals surface area contributed by atoms with Crippen LogP contribution in [0.2, 0.25) is 5.02 Å². The average Bonchev–Trinajstić information content (AvgIpc) is 2.61. The van der Waals surface area contributed by atoms with E-state index in [2.05, 4.69) is 10.3 Å². The van der Waals surface area contributed by atoms with Crippen molar-refractivity contribution < 1.29 is 14.6 Å². The van der Waals surface area contributed by atoms with E-state index in [0.29, 0.717) is 36.6 Å². The SMILES string of the molecule is O=C(NCC1(O)CCOCC1)c1cc(-c2ccccn2)ccc1Cl. The molecule has 24 heavy (non-hydrogen) atoms. The van der Waals surface area contributed by atoms with Gasteiger partial charge in [-0.15, -0.1) is 0 Å². The number of carbonyl (C=O) groups is 1. The Morgan fingerprint density at radius 2 is 2.08 bits per heavy atom. The first-order valence-corrected chi connectivity index (χ1v) is 8.24. The maximum absolute atomic E-state index is 12.5. The number of rotatable bonds is 4. The molecule has 1 saturated heterocycles. The van der Waals surface area contributed by atoms with Gasteiger partial charge in [-0.05, 0) is 24.3 Å². The minimum absolute atomic E-state index is 0.180. The molecule has 0 atom stereocenters. The Kier molecular flexibility index (Phi) is 5.14. The minimum Gasteiger partial charge on any atom is -0.388 e. The summed E-state index contributed by atoms with van der Waals surface area (Å²) in [5.41, 5.74) is 1.04. The van der Waals surface area contributed by atoms with Gasteiger partial charge in [0.25, 0.3) is 5.91 Å². The molecule has 126 valence electrons. The topological polar surface area (TPSA) is 71.5 Å². The van der Waals surface area contributed by atoms with E-state index in [1.54, 1.807) is 18.3 Å². The van der Waals surface area contributed by atoms with Gasteiger partial charge in [0.15, 0.2) is 0 Å². The van der Waals surface area contributed by atoms with E-state index in [9.17, 15) is 9.90 Å². The summed E-state index contributed by atoms with van der Waals surface area (Å²) in [5.74, 6) is -0.308. The van der Waals surface area contributed by atoms with E-state index in [-0.39, 0.29) is 12.5 Å². The van der Waals surface area contributed by atoms with Crippen LogP contribution in [0.4, 0.5) is 0 Å². The molecule has 5 nitrogen and oxygen atoms in total. The average molecular weight is 347 g/mol. The normalized spacial score (nSPS) is 16.6. The first-order chi connectivity index (χ1) is 11.6. The fourth-order valence-corrected chi connectivity index (χ4v) is 2.86. The van der Waals surface area contributed by atoms with Crippen LogP contribution in [0.15, 0.2) is 42.6 Å². The Labute approximate surface area is 145 Å². The summed E-state index contributed by atoms with van der Waals surface area (Å²) < 4.78 is 5.24. The van der Waals surface area contributed by atoms with Crippen LogP contribution in [0, 0.1) is 0 Å². The monoisotopic (exact) mass is 346 g/mol. The van der Waals surface area contributed by atoms with Crippen molar-refractivity contribution in [3.63, 3.8) is 0 Å². The molecule has 0 radical (unpaired) electrons. The van der Waals surface area contributed by atoms with Gasteiger partial charge in [-0.2, -0.15) is 0 Å². The third-order valence-electron chi connectivity index (χ3n) is 4.17. The van der Waals surface area contributed by atoms with Crippen molar-refractivity contribution in [2.75, 3.05) is 19.8 Å². The Hall–Kier alpha value is -1.95. The molecule has 1 aromatic carbocycles. The van der Waals surface area contributed by atoms with Gasteiger partial charge >= 0.3 is 0 Å². The smallest absolute Gasteiger partial charge is 0.252 e. The molecule has 2 N–H and O–H groups in total. The van der Waals surface area contributed by atoms with Crippen LogP contribution in [-0.2, 0) is 4.74 Å². The molecule has 3 rings (SSSR count). The molecule has 1 aliphatic rings. The quantitative estimate of drug-likeness (QED) is 0.892. The van der Waals surface area contributed by atoms with E-state index in [4.69, 9.17) is 16.3 Å². The standard InChI is InChI=1S/C18H19ClN2O3/c19-15-5-4-13(16-3-1-2-8-20-16)11-14(15)17(22)21-12-18(23)6-9-24-10-7-18/h1-5,8,11,23H,6-7,9-10,12H2,(H,21,22). The van der Waals surface area contributed by atoms with Gasteiger partial charge in [0.05, 0.1) is 21.9 Å². The van der Waals surface area contributed by atoms with Crippen molar-refractivity contribution in [2.45, 2.75) is 18.4 Å². The number of aliphatic hydroxyl groups is 1. The number of hydrogen-bond acceptors (Lipinski definition) is 4. The maximum atomic E-state index is 12.5. The van der Waals surface area contributed by atoms with Gasteiger partial charge in [0.2, 0.25) is 0 Å². The molecular formula is C18H19ClN2O3. The Morgan fingerprint density at radius 1 is 1.29 bits per heavy atom. The van der Waals surface area contributed by atoms with Gasteiger partial charge in [-0.3, -0.25) is 9.78 Å². The molecule has 2 heterocycles. The van der Waals surface area contributed by atoms with Crippen LogP contribution in [0.3, 0.4) is 0 Å². The number of carbonyl (C=O) groups excluding carboxylic acids is 1. The third kappa shape index (κ3) is 3.93. The first kappa shape index (κ1) is 16.9. The molecule has 0 aliphatic carbocycles. The largest absolute Gasteiger partial charge is 0.388 e. The van der Waals surface area contributed by atoms with Crippen LogP contribution in [0.5, 0.6) is 0 Å². The number of benzene rings is 1. The van der Waals surface area contributed by atoms with Crippen molar-refractivity contribution in [1.29, 1.82) is 0 Å². The number of aromatic nitrogens is 1. The van der Waals surface area contributed by atoms with Crippen molar-refractivity contribution in [1.82, 2.24) is 10.3 Å². The zero-order valence-corrected chi connectivity index (χ0v) is 13.9. The van der Waals surface area contributed by atoms with E-state index >= 15 is 0 Å². The molecule has 1 aliphatic heterocycles. The van der Waals surface area contributed by atoms with Gasteiger partial charge in [-0.25, -0.2) is 0 Å². The Bertz CT molecular complexity index is 715. The maximum Gasteiger partial charge on any atom is 0.252 e. The molecule has 0 unspecified atom stereocenters. The summed E-state index contributed by atoms with van der Waals surface area (Å²) in [7, 11) is 0. The lowest BCUT2D eigenvalue weighted by atomic mass is 9.94. The summed E-state index contributed by atoms with van der Waals surface area (Å²) in [6, 6.07) is 10.8. The number of hydrogen-bond donors (Lipinski definition) is 2. The number of halogens is 1. The highest BCUT2D eigenvalue weighted by atomic mass is 35.5. The highest BCUT2D eigenvalue weighted by molar-refractivity contribution is 6.34. The minimum atomic E-state index is -0.918. The van der Waals surface area contributed by atoms with E-state index in [1.807, 2.05) is 24.3 Å². The summed E-state index contributed by atoms with van der Waals surface area (Å²) in [6.45, 7) is 1.18. The molecule has 0 bridgehead atoms. The van der Waals surface area contributed by atoms with Gasteiger partial charge in [0, 0.05) is 44.4 Å². The summed E-state index contributed by atoms with van der Waals surface area (Å²) in [4.78, 5) is 16.8. The number of nitrogens with zero attached hydrogens (tertiary/aromatic N) is 1. The van der Waals surface area contributed by atoms with Crippen molar-refractivity contribution >= 4 is 17.5 Å². The van der Waals surface area contributed by atoms with Crippen LogP contribution < -0.4 is 5.32 Å². The van der Waals surface area contributed by atoms with E-state index in [0.717, 1.165) is 11.3 Å². The van der Waals surface area contributed by atoms with E-state index in [1.165, 1.54) is 0 Å². The molecule has 1 aromatic heterocycles. The van der Waals surface area contributed by atoms with Gasteiger partial charge in [0.1, 0.15) is 0 Å². The lowest BCUT2D eigenvalue weighted by Crippen LogP contribution is -2.46. The van der Waals surface area contributed by atoms with Crippen LogP contribution >= 0.6 is 11.6 Å². The molecule has 6 heteroatoms. The number of nitrogens with one attached hydrogen (secondary N) is 1. The predicted molar refractivity (Wildman–Crippen MR) is 92.0 cm³/mol. The van der Waals surface area contributed by atoms with Crippen molar-refractivity contribution in [2.24, 2.45) is 0 Å². The van der Waals surface area contributed by atoms with Crippen LogP contribution in [-0.4, -0.2) is 41.4 Å². The lowest BCUT2D eigenvalue weighted by molar-refractivity contribution is -0.0605. The van der Waals surface area contributed by atoms with Crippen LogP contribution in [0.25, 0.3) is 11.3 Å².